The minimum Gasteiger partial charge on any atom is -0.0985 e. The second kappa shape index (κ2) is 5.64. The molecule has 1 aromatic carbocycles. The van der Waals surface area contributed by atoms with E-state index in [2.05, 4.69) is 44.7 Å². The summed E-state index contributed by atoms with van der Waals surface area (Å²) < 4.78 is 0. The maximum Gasteiger partial charge on any atom is -0.0184 e. The van der Waals surface area contributed by atoms with Crippen molar-refractivity contribution in [1.82, 2.24) is 0 Å². The molecule has 1 unspecified atom stereocenters. The molecule has 0 fully saturated rings. The highest BCUT2D eigenvalue weighted by Gasteiger charge is 2.07. The van der Waals surface area contributed by atoms with Crippen molar-refractivity contribution in [3.05, 3.63) is 42.0 Å². The summed E-state index contributed by atoms with van der Waals surface area (Å²) in [6.45, 7) is 8.40. The van der Waals surface area contributed by atoms with Gasteiger partial charge in [-0.1, -0.05) is 63.6 Å². The molecule has 0 aliphatic heterocycles. The van der Waals surface area contributed by atoms with Gasteiger partial charge in [-0.2, -0.15) is 0 Å². The van der Waals surface area contributed by atoms with E-state index < -0.39 is 0 Å². The van der Waals surface area contributed by atoms with Crippen LogP contribution in [-0.4, -0.2) is 0 Å². The smallest absolute Gasteiger partial charge is 0.0184 e. The Morgan fingerprint density at radius 3 is 2.71 bits per heavy atom. The molecule has 1 aromatic rings. The first-order valence-corrected chi connectivity index (χ1v) is 5.51. The van der Waals surface area contributed by atoms with Gasteiger partial charge in [-0.15, -0.1) is 0 Å². The van der Waals surface area contributed by atoms with Gasteiger partial charge in [-0.3, -0.25) is 0 Å². The Kier molecular flexibility index (Phi) is 4.45. The quantitative estimate of drug-likeness (QED) is 0.632. The Balaban J connectivity index is 2.77. The van der Waals surface area contributed by atoms with Crippen molar-refractivity contribution >= 4 is 6.08 Å². The Morgan fingerprint density at radius 1 is 1.36 bits per heavy atom. The maximum atomic E-state index is 3.85. The van der Waals surface area contributed by atoms with Crippen LogP contribution in [0.1, 0.15) is 50.2 Å². The molecular weight excluding hydrogens is 168 g/mol. The van der Waals surface area contributed by atoms with Crippen LogP contribution in [0.25, 0.3) is 6.08 Å². The Bertz CT molecular complexity index is 286. The van der Waals surface area contributed by atoms with Crippen LogP contribution < -0.4 is 0 Å². The van der Waals surface area contributed by atoms with Gasteiger partial charge in [-0.25, -0.2) is 0 Å². The largest absolute Gasteiger partial charge is 0.0985 e. The first-order chi connectivity index (χ1) is 6.79. The minimum absolute atomic E-state index is 0.657. The van der Waals surface area contributed by atoms with Crippen molar-refractivity contribution in [1.29, 1.82) is 0 Å². The number of benzene rings is 1. The lowest BCUT2D eigenvalue weighted by molar-refractivity contribution is 0.623. The molecule has 1 rings (SSSR count). The summed E-state index contributed by atoms with van der Waals surface area (Å²) >= 11 is 0. The fourth-order valence-corrected chi connectivity index (χ4v) is 1.81. The van der Waals surface area contributed by atoms with Crippen LogP contribution in [0, 0.1) is 0 Å². The Hall–Kier alpha value is -1.04. The summed E-state index contributed by atoms with van der Waals surface area (Å²) in [5.74, 6) is 0.657. The van der Waals surface area contributed by atoms with Gasteiger partial charge in [0, 0.05) is 0 Å². The molecule has 0 aromatic heterocycles. The van der Waals surface area contributed by atoms with Crippen LogP contribution >= 0.6 is 0 Å². The summed E-state index contributed by atoms with van der Waals surface area (Å²) in [4.78, 5) is 0. The molecule has 1 atom stereocenters. The summed E-state index contributed by atoms with van der Waals surface area (Å²) in [6.07, 6.45) is 5.83. The highest BCUT2D eigenvalue weighted by atomic mass is 14.1. The molecule has 0 saturated carbocycles. The van der Waals surface area contributed by atoms with Crippen LogP contribution in [0.15, 0.2) is 30.8 Å². The second-order valence-corrected chi connectivity index (χ2v) is 3.88. The predicted molar refractivity (Wildman–Crippen MR) is 64.5 cm³/mol. The number of rotatable bonds is 5. The SMILES string of the molecule is C=Cc1ccccc1C(C)CCCC. The van der Waals surface area contributed by atoms with Crippen LogP contribution in [0.3, 0.4) is 0 Å². The second-order valence-electron chi connectivity index (χ2n) is 3.88. The molecule has 0 radical (unpaired) electrons. The molecule has 0 saturated heterocycles. The number of hydrogen-bond donors (Lipinski definition) is 0. The van der Waals surface area contributed by atoms with E-state index in [-0.39, 0.29) is 0 Å². The third kappa shape index (κ3) is 2.73. The fourth-order valence-electron chi connectivity index (χ4n) is 1.81. The molecule has 14 heavy (non-hydrogen) atoms. The van der Waals surface area contributed by atoms with Crippen LogP contribution in [-0.2, 0) is 0 Å². The third-order valence-corrected chi connectivity index (χ3v) is 2.74. The van der Waals surface area contributed by atoms with Gasteiger partial charge in [-0.05, 0) is 23.5 Å². The number of hydrogen-bond acceptors (Lipinski definition) is 0. The van der Waals surface area contributed by atoms with E-state index in [1.54, 1.807) is 0 Å². The van der Waals surface area contributed by atoms with Gasteiger partial charge in [0.25, 0.3) is 0 Å². The molecule has 0 heteroatoms. The first kappa shape index (κ1) is 11.0. The standard InChI is InChI=1S/C14H20/c1-4-6-9-12(3)14-11-8-7-10-13(14)5-2/h5,7-8,10-12H,2,4,6,9H2,1,3H3. The first-order valence-electron chi connectivity index (χ1n) is 5.51. The molecule has 0 aliphatic rings. The maximum absolute atomic E-state index is 3.85. The number of unbranched alkanes of at least 4 members (excludes halogenated alkanes) is 1. The summed E-state index contributed by atoms with van der Waals surface area (Å²) in [5.41, 5.74) is 2.73. The topological polar surface area (TPSA) is 0 Å². The van der Waals surface area contributed by atoms with Crippen molar-refractivity contribution in [2.75, 3.05) is 0 Å². The van der Waals surface area contributed by atoms with Gasteiger partial charge in [0.15, 0.2) is 0 Å². The molecule has 0 aliphatic carbocycles. The Labute approximate surface area is 87.7 Å². The van der Waals surface area contributed by atoms with Gasteiger partial charge < -0.3 is 0 Å². The molecule has 0 amide bonds. The van der Waals surface area contributed by atoms with Gasteiger partial charge in [0.1, 0.15) is 0 Å². The molecule has 0 bridgehead atoms. The van der Waals surface area contributed by atoms with Crippen LogP contribution in [0.5, 0.6) is 0 Å². The van der Waals surface area contributed by atoms with Gasteiger partial charge >= 0.3 is 0 Å². The van der Waals surface area contributed by atoms with E-state index in [1.165, 1.54) is 30.4 Å². The molecule has 76 valence electrons. The summed E-state index contributed by atoms with van der Waals surface area (Å²) in [5, 5.41) is 0. The Morgan fingerprint density at radius 2 is 2.07 bits per heavy atom. The third-order valence-electron chi connectivity index (χ3n) is 2.74. The van der Waals surface area contributed by atoms with E-state index in [4.69, 9.17) is 0 Å². The molecular formula is C14H20. The van der Waals surface area contributed by atoms with Crippen LogP contribution in [0.4, 0.5) is 0 Å². The zero-order chi connectivity index (χ0) is 10.4. The predicted octanol–water partition coefficient (Wildman–Crippen LogP) is 4.62. The average molecular weight is 188 g/mol. The lowest BCUT2D eigenvalue weighted by Gasteiger charge is -2.13. The lowest BCUT2D eigenvalue weighted by atomic mass is 9.91. The summed E-state index contributed by atoms with van der Waals surface area (Å²) in [6, 6.07) is 8.56. The van der Waals surface area contributed by atoms with Crippen molar-refractivity contribution in [3.63, 3.8) is 0 Å². The van der Waals surface area contributed by atoms with E-state index in [0.717, 1.165) is 0 Å². The van der Waals surface area contributed by atoms with E-state index in [9.17, 15) is 0 Å². The minimum atomic E-state index is 0.657. The molecule has 0 N–H and O–H groups in total. The van der Waals surface area contributed by atoms with Gasteiger partial charge in [0.2, 0.25) is 0 Å². The van der Waals surface area contributed by atoms with Crippen molar-refractivity contribution in [2.24, 2.45) is 0 Å². The monoisotopic (exact) mass is 188 g/mol. The highest BCUT2D eigenvalue weighted by Crippen LogP contribution is 2.25. The van der Waals surface area contributed by atoms with E-state index >= 15 is 0 Å². The van der Waals surface area contributed by atoms with Crippen molar-refractivity contribution in [3.8, 4) is 0 Å². The van der Waals surface area contributed by atoms with E-state index in [1.807, 2.05) is 6.08 Å². The van der Waals surface area contributed by atoms with Crippen LogP contribution in [0.2, 0.25) is 0 Å². The molecule has 0 spiro atoms. The van der Waals surface area contributed by atoms with E-state index in [0.29, 0.717) is 5.92 Å². The molecule has 0 nitrogen and oxygen atoms in total. The summed E-state index contributed by atoms with van der Waals surface area (Å²) in [7, 11) is 0. The zero-order valence-corrected chi connectivity index (χ0v) is 9.29. The fraction of sp³-hybridized carbons (Fsp3) is 0.429. The normalized spacial score (nSPS) is 12.4. The molecule has 0 heterocycles. The van der Waals surface area contributed by atoms with Crippen molar-refractivity contribution in [2.45, 2.75) is 39.0 Å². The average Bonchev–Trinajstić information content (AvgIpc) is 2.25. The lowest BCUT2D eigenvalue weighted by Crippen LogP contribution is -1.96. The van der Waals surface area contributed by atoms with Crippen molar-refractivity contribution < 1.29 is 0 Å². The highest BCUT2D eigenvalue weighted by molar-refractivity contribution is 5.52. The van der Waals surface area contributed by atoms with Gasteiger partial charge in [0.05, 0.1) is 0 Å². The zero-order valence-electron chi connectivity index (χ0n) is 9.29.